The second-order valence-electron chi connectivity index (χ2n) is 8.55. The van der Waals surface area contributed by atoms with Gasteiger partial charge in [-0.15, -0.1) is 0 Å². The van der Waals surface area contributed by atoms with Crippen LogP contribution in [0, 0.1) is 11.3 Å². The molecule has 1 saturated carbocycles. The zero-order valence-electron chi connectivity index (χ0n) is 16.0. The lowest BCUT2D eigenvalue weighted by Gasteiger charge is -2.22. The third-order valence-corrected chi connectivity index (χ3v) is 5.91. The van der Waals surface area contributed by atoms with Crippen molar-refractivity contribution in [1.82, 2.24) is 15.1 Å². The largest absolute Gasteiger partial charge is 0.463 e. The number of rotatable bonds is 4. The molecule has 2 aromatic rings. The van der Waals surface area contributed by atoms with Gasteiger partial charge in [-0.25, -0.2) is 4.79 Å². The van der Waals surface area contributed by atoms with Gasteiger partial charge >= 0.3 is 5.97 Å². The summed E-state index contributed by atoms with van der Waals surface area (Å²) in [6, 6.07) is 7.18. The maximum absolute atomic E-state index is 13.0. The predicted octanol–water partition coefficient (Wildman–Crippen LogP) is 3.30. The van der Waals surface area contributed by atoms with Crippen LogP contribution in [0.3, 0.4) is 0 Å². The standard InChI is InChI=1S/C21H27N3O3/c1-21(2)13-27-20(26)18(21)22-19(25)17-15-10-6-7-11-16(15)24(23-17)12-14-8-4-3-5-9-14/h6-7,10-11,14,18H,3-5,8-9,12-13H2,1-2H3,(H,22,25)/t18-/m1/s1. The number of fused-ring (bicyclic) bond motifs is 1. The minimum absolute atomic E-state index is 0.313. The molecule has 6 heteroatoms. The van der Waals surface area contributed by atoms with Crippen molar-refractivity contribution in [3.8, 4) is 0 Å². The van der Waals surface area contributed by atoms with Gasteiger partial charge in [0.05, 0.1) is 12.1 Å². The van der Waals surface area contributed by atoms with Gasteiger partial charge in [0.25, 0.3) is 5.91 Å². The van der Waals surface area contributed by atoms with Crippen LogP contribution in [0.5, 0.6) is 0 Å². The number of amides is 1. The van der Waals surface area contributed by atoms with Crippen molar-refractivity contribution in [2.75, 3.05) is 6.61 Å². The average molecular weight is 369 g/mol. The molecule has 6 nitrogen and oxygen atoms in total. The number of carbonyl (C=O) groups is 2. The number of nitrogens with zero attached hydrogens (tertiary/aromatic N) is 2. The first-order chi connectivity index (χ1) is 13.0. The Balaban J connectivity index is 1.61. The van der Waals surface area contributed by atoms with Crippen LogP contribution in [0.2, 0.25) is 0 Å². The van der Waals surface area contributed by atoms with Gasteiger partial charge < -0.3 is 10.1 Å². The summed E-state index contributed by atoms with van der Waals surface area (Å²) in [5, 5.41) is 8.33. The van der Waals surface area contributed by atoms with Gasteiger partial charge in [-0.3, -0.25) is 9.48 Å². The molecule has 1 aliphatic carbocycles. The Morgan fingerprint density at radius 3 is 2.70 bits per heavy atom. The van der Waals surface area contributed by atoms with Gasteiger partial charge in [0.2, 0.25) is 0 Å². The number of carbonyl (C=O) groups excluding carboxylic acids is 2. The predicted molar refractivity (Wildman–Crippen MR) is 102 cm³/mol. The highest BCUT2D eigenvalue weighted by Gasteiger charge is 2.44. The Kier molecular flexibility index (Phi) is 4.66. The van der Waals surface area contributed by atoms with Crippen molar-refractivity contribution < 1.29 is 14.3 Å². The molecule has 0 spiro atoms. The van der Waals surface area contributed by atoms with E-state index in [9.17, 15) is 9.59 Å². The topological polar surface area (TPSA) is 73.2 Å². The molecule has 1 aromatic heterocycles. The molecule has 0 radical (unpaired) electrons. The fourth-order valence-corrected chi connectivity index (χ4v) is 4.25. The number of benzene rings is 1. The number of aromatic nitrogens is 2. The second-order valence-corrected chi connectivity index (χ2v) is 8.55. The van der Waals surface area contributed by atoms with Gasteiger partial charge in [-0.2, -0.15) is 5.10 Å². The number of esters is 1. The van der Waals surface area contributed by atoms with E-state index in [-0.39, 0.29) is 11.9 Å². The van der Waals surface area contributed by atoms with Crippen LogP contribution < -0.4 is 5.32 Å². The molecule has 1 aliphatic heterocycles. The van der Waals surface area contributed by atoms with Crippen LogP contribution in [0.25, 0.3) is 10.9 Å². The smallest absolute Gasteiger partial charge is 0.329 e. The summed E-state index contributed by atoms with van der Waals surface area (Å²) in [6.45, 7) is 4.99. The normalized spacial score (nSPS) is 22.7. The third kappa shape index (κ3) is 3.45. The molecule has 1 aromatic carbocycles. The molecule has 144 valence electrons. The number of ether oxygens (including phenoxy) is 1. The fourth-order valence-electron chi connectivity index (χ4n) is 4.25. The molecule has 1 atom stereocenters. The summed E-state index contributed by atoms with van der Waals surface area (Å²) < 4.78 is 7.10. The first-order valence-corrected chi connectivity index (χ1v) is 9.89. The summed E-state index contributed by atoms with van der Waals surface area (Å²) in [5.74, 6) is -0.0773. The van der Waals surface area contributed by atoms with Gasteiger partial charge in [0.15, 0.2) is 5.69 Å². The van der Waals surface area contributed by atoms with Crippen LogP contribution in [-0.4, -0.2) is 34.3 Å². The van der Waals surface area contributed by atoms with Crippen LogP contribution in [0.4, 0.5) is 0 Å². The maximum atomic E-state index is 13.0. The van der Waals surface area contributed by atoms with Crippen molar-refractivity contribution >= 4 is 22.8 Å². The fraction of sp³-hybridized carbons (Fsp3) is 0.571. The molecule has 2 heterocycles. The number of nitrogens with one attached hydrogen (secondary N) is 1. The van der Waals surface area contributed by atoms with E-state index in [1.54, 1.807) is 0 Å². The first kappa shape index (κ1) is 18.0. The quantitative estimate of drug-likeness (QED) is 0.839. The molecule has 0 bridgehead atoms. The van der Waals surface area contributed by atoms with Crippen molar-refractivity contribution in [3.63, 3.8) is 0 Å². The van der Waals surface area contributed by atoms with Crippen LogP contribution in [0.1, 0.15) is 56.4 Å². The Bertz CT molecular complexity index is 865. The molecule has 27 heavy (non-hydrogen) atoms. The number of para-hydroxylation sites is 1. The Morgan fingerprint density at radius 2 is 2.00 bits per heavy atom. The van der Waals surface area contributed by atoms with Crippen molar-refractivity contribution in [2.24, 2.45) is 11.3 Å². The van der Waals surface area contributed by atoms with Crippen LogP contribution in [0.15, 0.2) is 24.3 Å². The van der Waals surface area contributed by atoms with Crippen LogP contribution >= 0.6 is 0 Å². The van der Waals surface area contributed by atoms with Crippen molar-refractivity contribution in [3.05, 3.63) is 30.0 Å². The monoisotopic (exact) mass is 369 g/mol. The van der Waals surface area contributed by atoms with Crippen molar-refractivity contribution in [1.29, 1.82) is 0 Å². The number of cyclic esters (lactones) is 1. The third-order valence-electron chi connectivity index (χ3n) is 5.91. The molecule has 1 saturated heterocycles. The minimum Gasteiger partial charge on any atom is -0.463 e. The van der Waals surface area contributed by atoms with E-state index in [0.717, 1.165) is 17.4 Å². The zero-order valence-corrected chi connectivity index (χ0v) is 16.0. The highest BCUT2D eigenvalue weighted by molar-refractivity contribution is 6.06. The summed E-state index contributed by atoms with van der Waals surface area (Å²) in [6.07, 6.45) is 6.30. The first-order valence-electron chi connectivity index (χ1n) is 9.89. The molecular weight excluding hydrogens is 342 g/mol. The lowest BCUT2D eigenvalue weighted by molar-refractivity contribution is -0.139. The number of hydrogen-bond donors (Lipinski definition) is 1. The Morgan fingerprint density at radius 1 is 1.26 bits per heavy atom. The highest BCUT2D eigenvalue weighted by Crippen LogP contribution is 2.30. The lowest BCUT2D eigenvalue weighted by atomic mass is 9.87. The highest BCUT2D eigenvalue weighted by atomic mass is 16.5. The summed E-state index contributed by atoms with van der Waals surface area (Å²) in [4.78, 5) is 25.0. The van der Waals surface area contributed by atoms with E-state index in [0.29, 0.717) is 18.2 Å². The van der Waals surface area contributed by atoms with E-state index < -0.39 is 11.5 Å². The summed E-state index contributed by atoms with van der Waals surface area (Å²) >= 11 is 0. The lowest BCUT2D eigenvalue weighted by Crippen LogP contribution is -2.46. The van der Waals surface area contributed by atoms with E-state index >= 15 is 0 Å². The van der Waals surface area contributed by atoms with Gasteiger partial charge in [0, 0.05) is 17.3 Å². The Labute approximate surface area is 159 Å². The van der Waals surface area contributed by atoms with E-state index in [4.69, 9.17) is 4.74 Å². The minimum atomic E-state index is -0.646. The van der Waals surface area contributed by atoms with Gasteiger partial charge in [0.1, 0.15) is 6.04 Å². The Hall–Kier alpha value is -2.37. The molecule has 1 N–H and O–H groups in total. The van der Waals surface area contributed by atoms with E-state index in [2.05, 4.69) is 10.4 Å². The molecular formula is C21H27N3O3. The van der Waals surface area contributed by atoms with Gasteiger partial charge in [-0.05, 0) is 24.8 Å². The summed E-state index contributed by atoms with van der Waals surface area (Å²) in [5.41, 5.74) is 0.936. The molecule has 2 aliphatic rings. The second kappa shape index (κ2) is 6.98. The molecule has 0 unspecified atom stereocenters. The average Bonchev–Trinajstić information content (AvgIpc) is 3.15. The zero-order chi connectivity index (χ0) is 19.0. The van der Waals surface area contributed by atoms with Crippen LogP contribution in [-0.2, 0) is 16.1 Å². The maximum Gasteiger partial charge on any atom is 0.329 e. The summed E-state index contributed by atoms with van der Waals surface area (Å²) in [7, 11) is 0. The van der Waals surface area contributed by atoms with E-state index in [1.165, 1.54) is 32.1 Å². The molecule has 1 amide bonds. The molecule has 2 fully saturated rings. The molecule has 4 rings (SSSR count). The van der Waals surface area contributed by atoms with Gasteiger partial charge in [-0.1, -0.05) is 51.3 Å². The van der Waals surface area contributed by atoms with E-state index in [1.807, 2.05) is 42.8 Å². The number of hydrogen-bond acceptors (Lipinski definition) is 4. The van der Waals surface area contributed by atoms with Crippen molar-refractivity contribution in [2.45, 2.75) is 58.5 Å². The SMILES string of the molecule is CC1(C)COC(=O)[C@H]1NC(=O)c1nn(CC2CCCCC2)c2ccccc12.